The highest BCUT2D eigenvalue weighted by Gasteiger charge is 2.57. The van der Waals surface area contributed by atoms with Crippen LogP contribution in [0.2, 0.25) is 0 Å². The van der Waals surface area contributed by atoms with Crippen LogP contribution in [0, 0.1) is 0 Å². The number of fused-ring (bicyclic) bond motifs is 2. The topological polar surface area (TPSA) is 51.6 Å². The van der Waals surface area contributed by atoms with Crippen LogP contribution in [0.4, 0.5) is 0 Å². The highest BCUT2D eigenvalue weighted by molar-refractivity contribution is 9.10. The Morgan fingerprint density at radius 2 is 1.74 bits per heavy atom. The summed E-state index contributed by atoms with van der Waals surface area (Å²) in [5.41, 5.74) is 5.37. The van der Waals surface area contributed by atoms with Crippen molar-refractivity contribution in [3.05, 3.63) is 111 Å². The number of hydrogen-bond donors (Lipinski definition) is 0. The molecule has 4 nitrogen and oxygen atoms in total. The number of hydrogen-bond acceptors (Lipinski definition) is 4. The fraction of sp³-hybridized carbons (Fsp3) is 0.233. The first kappa shape index (κ1) is 22.2. The summed E-state index contributed by atoms with van der Waals surface area (Å²) in [5.74, 6) is 0.0910. The molecule has 5 heteroatoms. The van der Waals surface area contributed by atoms with Crippen LogP contribution in [0.5, 0.6) is 0 Å². The number of carbonyl (C=O) groups is 1. The van der Waals surface area contributed by atoms with Gasteiger partial charge in [-0.3, -0.25) is 9.78 Å². The number of ketones is 1. The van der Waals surface area contributed by atoms with Gasteiger partial charge in [-0.1, -0.05) is 89.5 Å². The Labute approximate surface area is 213 Å². The van der Waals surface area contributed by atoms with E-state index in [1.54, 1.807) is 0 Å². The van der Waals surface area contributed by atoms with E-state index in [1.165, 1.54) is 5.56 Å². The first-order valence-electron chi connectivity index (χ1n) is 12.0. The molecule has 0 fully saturated rings. The minimum atomic E-state index is -1.09. The number of oxime groups is 1. The minimum absolute atomic E-state index is 0.0394. The molecule has 3 aromatic carbocycles. The second-order valence-corrected chi connectivity index (χ2v) is 10.6. The molecule has 0 bridgehead atoms. The molecule has 0 saturated heterocycles. The Balaban J connectivity index is 1.47. The van der Waals surface area contributed by atoms with E-state index in [0.717, 1.165) is 37.9 Å². The fourth-order valence-corrected chi connectivity index (χ4v) is 5.61. The molecule has 1 aromatic heterocycles. The summed E-state index contributed by atoms with van der Waals surface area (Å²) in [6.07, 6.45) is 1.19. The molecule has 2 heterocycles. The normalized spacial score (nSPS) is 21.3. The van der Waals surface area contributed by atoms with Gasteiger partial charge in [0.05, 0.1) is 22.8 Å². The Hall–Kier alpha value is -3.31. The third-order valence-electron chi connectivity index (χ3n) is 7.29. The Kier molecular flexibility index (Phi) is 5.33. The van der Waals surface area contributed by atoms with Gasteiger partial charge < -0.3 is 4.84 Å². The first-order chi connectivity index (χ1) is 17.0. The number of para-hydroxylation sites is 1. The average molecular weight is 525 g/mol. The van der Waals surface area contributed by atoms with E-state index in [4.69, 9.17) is 9.82 Å². The van der Waals surface area contributed by atoms with Crippen molar-refractivity contribution in [1.29, 1.82) is 0 Å². The predicted molar refractivity (Wildman–Crippen MR) is 142 cm³/mol. The molecule has 0 radical (unpaired) electrons. The Bertz CT molecular complexity index is 1480. The second kappa shape index (κ2) is 8.42. The van der Waals surface area contributed by atoms with Crippen molar-refractivity contribution in [3.8, 4) is 0 Å². The van der Waals surface area contributed by atoms with Crippen LogP contribution in [0.25, 0.3) is 10.9 Å². The fourth-order valence-electron chi connectivity index (χ4n) is 5.35. The highest BCUT2D eigenvalue weighted by Crippen LogP contribution is 2.48. The monoisotopic (exact) mass is 524 g/mol. The maximum atomic E-state index is 14.2. The van der Waals surface area contributed by atoms with E-state index < -0.39 is 5.60 Å². The van der Waals surface area contributed by atoms with Gasteiger partial charge in [-0.2, -0.15) is 0 Å². The van der Waals surface area contributed by atoms with Crippen molar-refractivity contribution in [3.63, 3.8) is 0 Å². The van der Waals surface area contributed by atoms with Gasteiger partial charge in [0.15, 0.2) is 0 Å². The van der Waals surface area contributed by atoms with E-state index in [9.17, 15) is 4.79 Å². The lowest BCUT2D eigenvalue weighted by molar-refractivity contribution is -0.0198. The van der Waals surface area contributed by atoms with E-state index in [-0.39, 0.29) is 11.7 Å². The highest BCUT2D eigenvalue weighted by atomic mass is 79.9. The summed E-state index contributed by atoms with van der Waals surface area (Å²) >= 11 is 3.54. The van der Waals surface area contributed by atoms with Crippen LogP contribution in [-0.2, 0) is 11.3 Å². The van der Waals surface area contributed by atoms with Gasteiger partial charge in [-0.05, 0) is 47.7 Å². The van der Waals surface area contributed by atoms with Crippen molar-refractivity contribution in [2.45, 2.75) is 44.1 Å². The molecule has 2 aliphatic rings. The zero-order valence-corrected chi connectivity index (χ0v) is 21.2. The summed E-state index contributed by atoms with van der Waals surface area (Å²) in [6, 6.07) is 26.5. The van der Waals surface area contributed by atoms with Gasteiger partial charge in [0.2, 0.25) is 11.4 Å². The average Bonchev–Trinajstić information content (AvgIpc) is 3.26. The number of pyridine rings is 1. The molecule has 0 amide bonds. The van der Waals surface area contributed by atoms with Crippen molar-refractivity contribution >= 4 is 38.3 Å². The smallest absolute Gasteiger partial charge is 0.212 e. The lowest BCUT2D eigenvalue weighted by atomic mass is 9.68. The third kappa shape index (κ3) is 3.61. The Morgan fingerprint density at radius 3 is 2.49 bits per heavy atom. The van der Waals surface area contributed by atoms with Gasteiger partial charge >= 0.3 is 0 Å². The van der Waals surface area contributed by atoms with E-state index in [1.807, 2.05) is 42.5 Å². The van der Waals surface area contributed by atoms with Crippen molar-refractivity contribution < 1.29 is 9.63 Å². The van der Waals surface area contributed by atoms with Crippen molar-refractivity contribution in [2.75, 3.05) is 0 Å². The molecule has 0 N–H and O–H groups in total. The van der Waals surface area contributed by atoms with Crippen LogP contribution in [0.3, 0.4) is 0 Å². The van der Waals surface area contributed by atoms with Gasteiger partial charge in [-0.25, -0.2) is 0 Å². The Morgan fingerprint density at radius 1 is 1.00 bits per heavy atom. The van der Waals surface area contributed by atoms with Gasteiger partial charge in [0.1, 0.15) is 0 Å². The molecule has 0 unspecified atom stereocenters. The third-order valence-corrected chi connectivity index (χ3v) is 7.82. The molecule has 1 aliphatic heterocycles. The molecule has 35 heavy (non-hydrogen) atoms. The quantitative estimate of drug-likeness (QED) is 0.284. The number of nitrogens with zero attached hydrogens (tertiary/aromatic N) is 2. The summed E-state index contributed by atoms with van der Waals surface area (Å²) in [7, 11) is 0. The van der Waals surface area contributed by atoms with Crippen LogP contribution in [0.1, 0.15) is 64.8 Å². The van der Waals surface area contributed by atoms with E-state index in [2.05, 4.69) is 71.3 Å². The van der Waals surface area contributed by atoms with Crippen molar-refractivity contribution in [2.24, 2.45) is 5.16 Å². The standard InChI is InChI=1S/C30H25BrN2O2/c1-18(2)19-7-9-21(10-8-19)28-27(20-11-13-23(31)14-12-20)30(35-33-28)16-15-26-24(29(30)34)17-22-5-3-4-6-25(22)32-26/h3-14,17-18,27H,15-16H2,1-2H3/t27-,30-/m1/s1. The molecule has 1 spiro atoms. The van der Waals surface area contributed by atoms with Gasteiger partial charge in [0, 0.05) is 27.4 Å². The lowest BCUT2D eigenvalue weighted by Gasteiger charge is -2.35. The molecule has 6 rings (SSSR count). The van der Waals surface area contributed by atoms with E-state index >= 15 is 0 Å². The summed E-state index contributed by atoms with van der Waals surface area (Å²) in [5, 5.41) is 5.55. The van der Waals surface area contributed by atoms with Crippen LogP contribution >= 0.6 is 15.9 Å². The molecular formula is C30H25BrN2O2. The zero-order chi connectivity index (χ0) is 24.2. The number of aromatic nitrogens is 1. The van der Waals surface area contributed by atoms with Gasteiger partial charge in [-0.15, -0.1) is 0 Å². The molecule has 174 valence electrons. The minimum Gasteiger partial charge on any atom is -0.379 e. The number of Topliss-reactive ketones (excluding diaryl/α,β-unsaturated/α-hetero) is 1. The number of aryl methyl sites for hydroxylation is 1. The SMILES string of the molecule is CC(C)c1ccc(C2=NO[C@]3(CCc4nc5ccccc5cc4C3=O)[C@@H]2c2ccc(Br)cc2)cc1. The number of benzene rings is 3. The van der Waals surface area contributed by atoms with Crippen LogP contribution < -0.4 is 0 Å². The van der Waals surface area contributed by atoms with Crippen LogP contribution in [0.15, 0.2) is 88.5 Å². The molecule has 4 aromatic rings. The van der Waals surface area contributed by atoms with Crippen molar-refractivity contribution in [1.82, 2.24) is 4.98 Å². The molecule has 2 atom stereocenters. The van der Waals surface area contributed by atoms with Crippen LogP contribution in [-0.4, -0.2) is 22.1 Å². The van der Waals surface area contributed by atoms with E-state index in [0.29, 0.717) is 24.3 Å². The lowest BCUT2D eigenvalue weighted by Crippen LogP contribution is -2.48. The largest absolute Gasteiger partial charge is 0.379 e. The molecule has 1 aliphatic carbocycles. The predicted octanol–water partition coefficient (Wildman–Crippen LogP) is 7.21. The molecule has 0 saturated carbocycles. The number of rotatable bonds is 3. The maximum absolute atomic E-state index is 14.2. The summed E-state index contributed by atoms with van der Waals surface area (Å²) < 4.78 is 0.991. The second-order valence-electron chi connectivity index (χ2n) is 9.72. The van der Waals surface area contributed by atoms with Gasteiger partial charge in [0.25, 0.3) is 0 Å². The zero-order valence-electron chi connectivity index (χ0n) is 19.7. The maximum Gasteiger partial charge on any atom is 0.212 e. The number of halogens is 1. The first-order valence-corrected chi connectivity index (χ1v) is 12.8. The molecular weight excluding hydrogens is 500 g/mol. The summed E-state index contributed by atoms with van der Waals surface area (Å²) in [6.45, 7) is 4.36. The number of carbonyl (C=O) groups excluding carboxylic acids is 1. The summed E-state index contributed by atoms with van der Waals surface area (Å²) in [4.78, 5) is 25.2.